The van der Waals surface area contributed by atoms with Crippen LogP contribution in [0.3, 0.4) is 0 Å². The van der Waals surface area contributed by atoms with Gasteiger partial charge in [-0.05, 0) is 26.2 Å². The third-order valence-corrected chi connectivity index (χ3v) is 3.16. The summed E-state index contributed by atoms with van der Waals surface area (Å²) >= 11 is 1.39. The molecular weight excluding hydrogens is 289 g/mol. The molecule has 0 atom stereocenters. The second kappa shape index (κ2) is 5.76. The van der Waals surface area contributed by atoms with Gasteiger partial charge < -0.3 is 10.2 Å². The smallest absolute Gasteiger partial charge is 0.316 e. The van der Waals surface area contributed by atoms with Crippen molar-refractivity contribution >= 4 is 22.3 Å². The van der Waals surface area contributed by atoms with Crippen molar-refractivity contribution in [1.82, 2.24) is 14.9 Å². The normalized spacial score (nSPS) is 11.9. The van der Waals surface area contributed by atoms with Crippen LogP contribution in [0.1, 0.15) is 11.3 Å². The van der Waals surface area contributed by atoms with E-state index < -0.39 is 11.7 Å². The number of halogens is 3. The molecule has 0 bridgehead atoms. The maximum atomic E-state index is 12.4. The average molecular weight is 302 g/mol. The Labute approximate surface area is 118 Å². The second-order valence-corrected chi connectivity index (χ2v) is 5.29. The van der Waals surface area contributed by atoms with Gasteiger partial charge in [0.2, 0.25) is 0 Å². The van der Waals surface area contributed by atoms with Crippen LogP contribution in [0.15, 0.2) is 23.7 Å². The third kappa shape index (κ3) is 3.91. The van der Waals surface area contributed by atoms with Crippen LogP contribution in [0.25, 0.3) is 0 Å². The minimum atomic E-state index is -4.37. The van der Waals surface area contributed by atoms with Gasteiger partial charge in [-0.2, -0.15) is 13.2 Å². The topological polar surface area (TPSA) is 41.0 Å². The molecule has 0 amide bonds. The Morgan fingerprint density at radius 1 is 1.30 bits per heavy atom. The molecule has 0 saturated heterocycles. The molecule has 1 N–H and O–H groups in total. The number of nitrogens with zero attached hydrogens (tertiary/aromatic N) is 3. The lowest BCUT2D eigenvalue weighted by atomic mass is 10.3. The lowest BCUT2D eigenvalue weighted by Gasteiger charge is -2.07. The van der Waals surface area contributed by atoms with Crippen molar-refractivity contribution in [3.63, 3.8) is 0 Å². The van der Waals surface area contributed by atoms with E-state index in [0.717, 1.165) is 18.0 Å². The van der Waals surface area contributed by atoms with E-state index >= 15 is 0 Å². The molecule has 0 aliphatic carbocycles. The van der Waals surface area contributed by atoms with Crippen LogP contribution in [-0.2, 0) is 12.7 Å². The fourth-order valence-electron chi connectivity index (χ4n) is 1.51. The molecule has 0 unspecified atom stereocenters. The summed E-state index contributed by atoms with van der Waals surface area (Å²) in [7, 11) is 3.87. The summed E-state index contributed by atoms with van der Waals surface area (Å²) < 4.78 is 37.2. The zero-order valence-corrected chi connectivity index (χ0v) is 11.7. The number of alkyl halides is 3. The number of hydrogen-bond acceptors (Lipinski definition) is 5. The molecule has 8 heteroatoms. The first kappa shape index (κ1) is 14.7. The molecule has 0 saturated carbocycles. The van der Waals surface area contributed by atoms with E-state index in [-0.39, 0.29) is 0 Å². The molecule has 2 heterocycles. The van der Waals surface area contributed by atoms with Crippen LogP contribution >= 0.6 is 11.3 Å². The fraction of sp³-hybridized carbons (Fsp3) is 0.333. The number of pyridine rings is 1. The highest BCUT2D eigenvalue weighted by molar-refractivity contribution is 7.13. The van der Waals surface area contributed by atoms with Crippen molar-refractivity contribution in [2.45, 2.75) is 12.7 Å². The van der Waals surface area contributed by atoms with Gasteiger partial charge in [0.15, 0.2) is 5.13 Å². The summed E-state index contributed by atoms with van der Waals surface area (Å²) in [6.07, 6.45) is -3.57. The molecule has 0 radical (unpaired) electrons. The zero-order valence-electron chi connectivity index (χ0n) is 10.9. The predicted octanol–water partition coefficient (Wildman–Crippen LogP) is 3.36. The van der Waals surface area contributed by atoms with Crippen LogP contribution in [0.4, 0.5) is 24.1 Å². The number of aromatic nitrogens is 2. The van der Waals surface area contributed by atoms with Crippen molar-refractivity contribution in [3.8, 4) is 0 Å². The molecule has 2 rings (SSSR count). The number of rotatable bonds is 4. The van der Waals surface area contributed by atoms with Gasteiger partial charge in [0.25, 0.3) is 0 Å². The van der Waals surface area contributed by atoms with Crippen LogP contribution in [-0.4, -0.2) is 29.0 Å². The molecule has 20 heavy (non-hydrogen) atoms. The first-order valence-electron chi connectivity index (χ1n) is 5.74. The molecule has 108 valence electrons. The van der Waals surface area contributed by atoms with Crippen LogP contribution in [0.5, 0.6) is 0 Å². The van der Waals surface area contributed by atoms with Crippen molar-refractivity contribution < 1.29 is 13.2 Å². The standard InChI is InChI=1S/C12H13F3N4S/c1-19(2)6-9-7-20-11(17-9)18-10-4-3-8(5-16-10)12(13,14)15/h3-5,7H,6H2,1-2H3,(H,16,17,18). The second-order valence-electron chi connectivity index (χ2n) is 4.44. The van der Waals surface area contributed by atoms with Crippen LogP contribution in [0.2, 0.25) is 0 Å². The number of hydrogen-bond donors (Lipinski definition) is 1. The van der Waals surface area contributed by atoms with Crippen molar-refractivity contribution in [1.29, 1.82) is 0 Å². The summed E-state index contributed by atoms with van der Waals surface area (Å²) in [5, 5.41) is 5.39. The van der Waals surface area contributed by atoms with Crippen molar-refractivity contribution in [2.75, 3.05) is 19.4 Å². The molecular formula is C12H13F3N4S. The first-order chi connectivity index (χ1) is 9.34. The SMILES string of the molecule is CN(C)Cc1csc(Nc2ccc(C(F)(F)F)cn2)n1. The van der Waals surface area contributed by atoms with Gasteiger partial charge in [-0.3, -0.25) is 0 Å². The Morgan fingerprint density at radius 2 is 2.05 bits per heavy atom. The van der Waals surface area contributed by atoms with Gasteiger partial charge in [-0.15, -0.1) is 11.3 Å². The highest BCUT2D eigenvalue weighted by Gasteiger charge is 2.30. The zero-order chi connectivity index (χ0) is 14.8. The predicted molar refractivity (Wildman–Crippen MR) is 72.0 cm³/mol. The molecule has 0 aliphatic rings. The molecule has 0 aromatic carbocycles. The van der Waals surface area contributed by atoms with Gasteiger partial charge in [0, 0.05) is 18.1 Å². The van der Waals surface area contributed by atoms with E-state index in [1.165, 1.54) is 17.4 Å². The Bertz CT molecular complexity index is 563. The highest BCUT2D eigenvalue weighted by Crippen LogP contribution is 2.29. The summed E-state index contributed by atoms with van der Waals surface area (Å²) in [6, 6.07) is 2.28. The van der Waals surface area contributed by atoms with Crippen LogP contribution < -0.4 is 5.32 Å². The minimum absolute atomic E-state index is 0.337. The lowest BCUT2D eigenvalue weighted by Crippen LogP contribution is -2.10. The molecule has 0 aliphatic heterocycles. The van der Waals surface area contributed by atoms with E-state index in [0.29, 0.717) is 17.5 Å². The van der Waals surface area contributed by atoms with Crippen molar-refractivity contribution in [3.05, 3.63) is 35.0 Å². The molecule has 4 nitrogen and oxygen atoms in total. The largest absolute Gasteiger partial charge is 0.417 e. The maximum absolute atomic E-state index is 12.4. The van der Waals surface area contributed by atoms with Gasteiger partial charge in [-0.1, -0.05) is 0 Å². The average Bonchev–Trinajstić information content (AvgIpc) is 2.75. The van der Waals surface area contributed by atoms with Gasteiger partial charge in [0.05, 0.1) is 11.3 Å². The molecule has 2 aromatic heterocycles. The minimum Gasteiger partial charge on any atom is -0.316 e. The summed E-state index contributed by atoms with van der Waals surface area (Å²) in [6.45, 7) is 0.707. The van der Waals surface area contributed by atoms with Crippen LogP contribution in [0, 0.1) is 0 Å². The molecule has 2 aromatic rings. The van der Waals surface area contributed by atoms with Gasteiger partial charge >= 0.3 is 6.18 Å². The fourth-order valence-corrected chi connectivity index (χ4v) is 2.21. The first-order valence-corrected chi connectivity index (χ1v) is 6.62. The third-order valence-electron chi connectivity index (χ3n) is 2.36. The highest BCUT2D eigenvalue weighted by atomic mass is 32.1. The monoisotopic (exact) mass is 302 g/mol. The Morgan fingerprint density at radius 3 is 2.60 bits per heavy atom. The molecule has 0 spiro atoms. The van der Waals surface area contributed by atoms with E-state index in [1.807, 2.05) is 24.4 Å². The van der Waals surface area contributed by atoms with Gasteiger partial charge in [0.1, 0.15) is 5.82 Å². The molecule has 0 fully saturated rings. The van der Waals surface area contributed by atoms with E-state index in [2.05, 4.69) is 15.3 Å². The quantitative estimate of drug-likeness (QED) is 0.940. The number of nitrogens with one attached hydrogen (secondary N) is 1. The lowest BCUT2D eigenvalue weighted by molar-refractivity contribution is -0.137. The van der Waals surface area contributed by atoms with Crippen molar-refractivity contribution in [2.24, 2.45) is 0 Å². The van der Waals surface area contributed by atoms with E-state index in [9.17, 15) is 13.2 Å². The van der Waals surface area contributed by atoms with E-state index in [1.54, 1.807) is 0 Å². The maximum Gasteiger partial charge on any atom is 0.417 e. The summed E-state index contributed by atoms with van der Waals surface area (Å²) in [4.78, 5) is 10.0. The Kier molecular flexibility index (Phi) is 4.24. The van der Waals surface area contributed by atoms with Gasteiger partial charge in [-0.25, -0.2) is 9.97 Å². The summed E-state index contributed by atoms with van der Waals surface area (Å²) in [5.74, 6) is 0.337. The Balaban J connectivity index is 2.05. The van der Waals surface area contributed by atoms with E-state index in [4.69, 9.17) is 0 Å². The number of thiazole rings is 1. The Hall–Kier alpha value is -1.67. The number of anilines is 2. The summed E-state index contributed by atoms with van der Waals surface area (Å²) in [5.41, 5.74) is 0.130.